The molecule has 0 amide bonds. The summed E-state index contributed by atoms with van der Waals surface area (Å²) in [5, 5.41) is 0. The van der Waals surface area contributed by atoms with Gasteiger partial charge in [-0.3, -0.25) is 9.09 Å². The lowest BCUT2D eigenvalue weighted by atomic mass is 9.88. The van der Waals surface area contributed by atoms with E-state index in [2.05, 4.69) is 20.9 Å². The number of rotatable bonds is 13. The minimum absolute atomic E-state index is 0.112. The van der Waals surface area contributed by atoms with E-state index < -0.39 is 82.4 Å². The molecule has 20 heteroatoms. The van der Waals surface area contributed by atoms with E-state index in [1.807, 2.05) is 0 Å². The summed E-state index contributed by atoms with van der Waals surface area (Å²) in [5.74, 6) is 2.38. The van der Waals surface area contributed by atoms with Gasteiger partial charge < -0.3 is 38.9 Å². The fourth-order valence-electron chi connectivity index (χ4n) is 4.50. The number of aromatic nitrogens is 4. The van der Waals surface area contributed by atoms with Crippen molar-refractivity contribution in [3.8, 4) is 12.3 Å². The van der Waals surface area contributed by atoms with Gasteiger partial charge in [-0.1, -0.05) is 5.92 Å². The molecule has 1 unspecified atom stereocenters. The SMILES string of the molecule is C#C[C@@]12OC(C)O[C@@H]1[C@@](CCl)(COP(=O)(OCOC(=O)OC(C)C)OCOC(=O)OC(C)C)O[C@H]2n1cnc2c(N)ncnc21. The highest BCUT2D eigenvalue weighted by atomic mass is 35.5. The topological polar surface area (TPSA) is 213 Å². The van der Waals surface area contributed by atoms with Crippen LogP contribution in [0.1, 0.15) is 40.8 Å². The summed E-state index contributed by atoms with van der Waals surface area (Å²) in [6.07, 6.45) is 2.28. The van der Waals surface area contributed by atoms with Crippen molar-refractivity contribution >= 4 is 48.7 Å². The molecule has 4 rings (SSSR count). The van der Waals surface area contributed by atoms with Crippen LogP contribution in [0, 0.1) is 12.3 Å². The zero-order valence-electron chi connectivity index (χ0n) is 24.9. The number of carbonyl (C=O) groups is 2. The predicted octanol–water partition coefficient (Wildman–Crippen LogP) is 3.24. The zero-order valence-corrected chi connectivity index (χ0v) is 26.6. The standard InChI is InChI=1S/C25H33ClN5O13P/c1-7-25-20(42-16(6)43-25)24(8-26,44-21(25)31-11-30-17-18(27)28-10-29-19(17)31)9-37-45(34,38-12-35-22(32)40-14(2)3)39-13-36-23(33)41-15(4)5/h1,10-11,14-16,20-21H,8-9,12-13H2,2-6H3,(H2,27,28,29)/t16?,20-,21-,24-,25-/m1/s1. The van der Waals surface area contributed by atoms with E-state index >= 15 is 0 Å². The van der Waals surface area contributed by atoms with Crippen LogP contribution in [-0.2, 0) is 51.3 Å². The predicted molar refractivity (Wildman–Crippen MR) is 151 cm³/mol. The molecule has 2 fully saturated rings. The van der Waals surface area contributed by atoms with E-state index in [4.69, 9.17) is 70.5 Å². The Morgan fingerprint density at radius 2 is 1.71 bits per heavy atom. The van der Waals surface area contributed by atoms with Gasteiger partial charge >= 0.3 is 20.1 Å². The van der Waals surface area contributed by atoms with Crippen molar-refractivity contribution in [2.24, 2.45) is 0 Å². The van der Waals surface area contributed by atoms with Gasteiger partial charge in [0.15, 0.2) is 24.0 Å². The van der Waals surface area contributed by atoms with Gasteiger partial charge in [0.1, 0.15) is 23.5 Å². The van der Waals surface area contributed by atoms with Crippen LogP contribution in [-0.4, -0.2) is 93.7 Å². The average molecular weight is 678 g/mol. The number of ether oxygens (including phenoxy) is 7. The average Bonchev–Trinajstić information content (AvgIpc) is 3.62. The van der Waals surface area contributed by atoms with E-state index in [-0.39, 0.29) is 22.9 Å². The number of nitrogen functional groups attached to an aromatic ring is 1. The number of hydrogen-bond acceptors (Lipinski definition) is 17. The molecule has 2 saturated heterocycles. The summed E-state index contributed by atoms with van der Waals surface area (Å²) in [7, 11) is -4.72. The molecule has 0 saturated carbocycles. The molecule has 0 spiro atoms. The maximum Gasteiger partial charge on any atom is 0.510 e. The number of nitrogens with two attached hydrogens (primary N) is 1. The first-order chi connectivity index (χ1) is 21.3. The molecular weight excluding hydrogens is 645 g/mol. The Hall–Kier alpha value is -3.27. The second-order valence-electron chi connectivity index (χ2n) is 10.2. The molecule has 0 bridgehead atoms. The third-order valence-electron chi connectivity index (χ3n) is 6.27. The minimum atomic E-state index is -4.72. The van der Waals surface area contributed by atoms with Gasteiger partial charge in [0, 0.05) is 0 Å². The first kappa shape index (κ1) is 34.6. The summed E-state index contributed by atoms with van der Waals surface area (Å²) < 4.78 is 68.8. The maximum atomic E-state index is 13.7. The molecule has 0 aliphatic carbocycles. The maximum absolute atomic E-state index is 13.7. The second-order valence-corrected chi connectivity index (χ2v) is 12.2. The van der Waals surface area contributed by atoms with Crippen LogP contribution in [0.4, 0.5) is 15.4 Å². The highest BCUT2D eigenvalue weighted by Crippen LogP contribution is 2.56. The summed E-state index contributed by atoms with van der Waals surface area (Å²) in [6, 6.07) is 0. The zero-order chi connectivity index (χ0) is 33.0. The number of hydrogen-bond donors (Lipinski definition) is 1. The van der Waals surface area contributed by atoms with Crippen LogP contribution >= 0.6 is 19.4 Å². The number of nitrogens with zero attached hydrogens (tertiary/aromatic N) is 4. The van der Waals surface area contributed by atoms with Crippen molar-refractivity contribution in [1.82, 2.24) is 19.5 Å². The van der Waals surface area contributed by atoms with Gasteiger partial charge in [0.25, 0.3) is 0 Å². The van der Waals surface area contributed by atoms with Crippen LogP contribution < -0.4 is 5.73 Å². The number of halogens is 1. The Morgan fingerprint density at radius 1 is 1.09 bits per heavy atom. The fraction of sp³-hybridized carbons (Fsp3) is 0.640. The van der Waals surface area contributed by atoms with E-state index in [9.17, 15) is 14.2 Å². The van der Waals surface area contributed by atoms with Crippen LogP contribution in [0.3, 0.4) is 0 Å². The van der Waals surface area contributed by atoms with Crippen molar-refractivity contribution in [2.45, 2.75) is 76.7 Å². The lowest BCUT2D eigenvalue weighted by Gasteiger charge is -2.32. The molecule has 2 N–H and O–H groups in total. The molecule has 2 aliphatic rings. The second kappa shape index (κ2) is 14.0. The molecule has 0 aromatic carbocycles. The first-order valence-electron chi connectivity index (χ1n) is 13.5. The Labute approximate surface area is 262 Å². The Morgan fingerprint density at radius 3 is 2.27 bits per heavy atom. The number of terminal acetylenes is 1. The van der Waals surface area contributed by atoms with Gasteiger partial charge in [-0.2, -0.15) is 0 Å². The van der Waals surface area contributed by atoms with Crippen molar-refractivity contribution in [2.75, 3.05) is 31.8 Å². The van der Waals surface area contributed by atoms with Crippen LogP contribution in [0.5, 0.6) is 0 Å². The minimum Gasteiger partial charge on any atom is -0.432 e. The van der Waals surface area contributed by atoms with Crippen molar-refractivity contribution < 1.29 is 60.9 Å². The smallest absolute Gasteiger partial charge is 0.432 e. The molecule has 18 nitrogen and oxygen atoms in total. The van der Waals surface area contributed by atoms with Crippen molar-refractivity contribution in [1.29, 1.82) is 0 Å². The quantitative estimate of drug-likeness (QED) is 0.106. The van der Waals surface area contributed by atoms with Crippen molar-refractivity contribution in [3.05, 3.63) is 12.7 Å². The van der Waals surface area contributed by atoms with E-state index in [0.29, 0.717) is 0 Å². The van der Waals surface area contributed by atoms with Gasteiger partial charge in [0.05, 0.1) is 31.0 Å². The summed E-state index contributed by atoms with van der Waals surface area (Å²) >= 11 is 6.46. The molecule has 248 valence electrons. The summed E-state index contributed by atoms with van der Waals surface area (Å²) in [6.45, 7) is 5.45. The molecule has 2 aromatic rings. The normalized spacial score (nSPS) is 26.2. The number of phosphoric acid groups is 1. The van der Waals surface area contributed by atoms with Crippen LogP contribution in [0.15, 0.2) is 12.7 Å². The lowest BCUT2D eigenvalue weighted by molar-refractivity contribution is -0.185. The molecule has 45 heavy (non-hydrogen) atoms. The lowest BCUT2D eigenvalue weighted by Crippen LogP contribution is -2.52. The Bertz CT molecular complexity index is 1440. The molecular formula is C25H33ClN5O13P. The monoisotopic (exact) mass is 677 g/mol. The summed E-state index contributed by atoms with van der Waals surface area (Å²) in [5.41, 5.74) is 3.21. The largest absolute Gasteiger partial charge is 0.510 e. The van der Waals surface area contributed by atoms with E-state index in [0.717, 1.165) is 0 Å². The highest BCUT2D eigenvalue weighted by molar-refractivity contribution is 7.48. The van der Waals surface area contributed by atoms with Gasteiger partial charge in [-0.05, 0) is 34.6 Å². The number of imidazole rings is 1. The molecule has 5 atom stereocenters. The van der Waals surface area contributed by atoms with E-state index in [1.54, 1.807) is 34.6 Å². The van der Waals surface area contributed by atoms with Crippen LogP contribution in [0.2, 0.25) is 0 Å². The third-order valence-corrected chi connectivity index (χ3v) is 8.01. The highest BCUT2D eigenvalue weighted by Gasteiger charge is 2.70. The number of carbonyl (C=O) groups excluding carboxylic acids is 2. The Balaban J connectivity index is 1.59. The number of anilines is 1. The number of fused-ring (bicyclic) bond motifs is 2. The fourth-order valence-corrected chi connectivity index (χ4v) is 5.74. The number of phosphoric ester groups is 1. The molecule has 2 aliphatic heterocycles. The van der Waals surface area contributed by atoms with E-state index in [1.165, 1.54) is 17.2 Å². The molecule has 4 heterocycles. The summed E-state index contributed by atoms with van der Waals surface area (Å²) in [4.78, 5) is 36.1. The van der Waals surface area contributed by atoms with Crippen molar-refractivity contribution in [3.63, 3.8) is 0 Å². The van der Waals surface area contributed by atoms with Gasteiger partial charge in [-0.15, -0.1) is 18.0 Å². The Kier molecular flexibility index (Phi) is 10.8. The number of alkyl halides is 1. The van der Waals surface area contributed by atoms with Crippen LogP contribution in [0.25, 0.3) is 11.2 Å². The van der Waals surface area contributed by atoms with Gasteiger partial charge in [-0.25, -0.2) is 38.2 Å². The van der Waals surface area contributed by atoms with Gasteiger partial charge in [0.2, 0.25) is 19.2 Å². The molecule has 0 radical (unpaired) electrons. The first-order valence-corrected chi connectivity index (χ1v) is 15.5. The molecule has 2 aromatic heterocycles. The third kappa shape index (κ3) is 7.42.